The van der Waals surface area contributed by atoms with Crippen LogP contribution in [0.2, 0.25) is 0 Å². The summed E-state index contributed by atoms with van der Waals surface area (Å²) in [5.41, 5.74) is 1.84. The van der Waals surface area contributed by atoms with E-state index in [9.17, 15) is 9.59 Å². The fourth-order valence-corrected chi connectivity index (χ4v) is 2.77. The third-order valence-electron chi connectivity index (χ3n) is 4.20. The second-order valence-electron chi connectivity index (χ2n) is 6.35. The zero-order valence-electron chi connectivity index (χ0n) is 14.0. The van der Waals surface area contributed by atoms with Gasteiger partial charge in [-0.25, -0.2) is 4.79 Å². The summed E-state index contributed by atoms with van der Waals surface area (Å²) in [6, 6.07) is 14.7. The molecule has 1 aliphatic rings. The summed E-state index contributed by atoms with van der Waals surface area (Å²) < 4.78 is 5.44. The molecule has 0 saturated heterocycles. The molecule has 0 bridgehead atoms. The average Bonchev–Trinajstić information content (AvgIpc) is 2.55. The predicted octanol–water partition coefficient (Wildman–Crippen LogP) is 2.86. The largest absolute Gasteiger partial charge is 0.445 e. The number of hydrogen-bond acceptors (Lipinski definition) is 4. The van der Waals surface area contributed by atoms with Gasteiger partial charge in [0, 0.05) is 31.9 Å². The molecule has 3 rings (SSSR count). The van der Waals surface area contributed by atoms with E-state index in [2.05, 4.69) is 5.32 Å². The molecule has 1 heterocycles. The second kappa shape index (κ2) is 6.00. The zero-order valence-corrected chi connectivity index (χ0v) is 14.0. The smallest absolute Gasteiger partial charge is 0.339 e. The Hall–Kier alpha value is -2.82. The number of benzene rings is 2. The number of amides is 1. The lowest BCUT2D eigenvalue weighted by molar-refractivity contribution is -0.134. The van der Waals surface area contributed by atoms with Crippen LogP contribution in [-0.2, 0) is 16.0 Å². The molecule has 5 heteroatoms. The van der Waals surface area contributed by atoms with E-state index in [0.29, 0.717) is 17.7 Å². The minimum atomic E-state index is -1.22. The van der Waals surface area contributed by atoms with Gasteiger partial charge >= 0.3 is 5.97 Å². The molecule has 0 fully saturated rings. The summed E-state index contributed by atoms with van der Waals surface area (Å²) in [6.45, 7) is 1.64. The summed E-state index contributed by atoms with van der Waals surface area (Å²) >= 11 is 0. The Bertz CT molecular complexity index is 783. The van der Waals surface area contributed by atoms with Crippen LogP contribution < -0.4 is 10.2 Å². The number of anilines is 2. The summed E-state index contributed by atoms with van der Waals surface area (Å²) in [5, 5.41) is 2.83. The third kappa shape index (κ3) is 2.97. The number of cyclic esters (lactones) is 1. The van der Waals surface area contributed by atoms with Crippen molar-refractivity contribution in [2.75, 3.05) is 24.3 Å². The highest BCUT2D eigenvalue weighted by atomic mass is 16.6. The Morgan fingerprint density at radius 1 is 1.12 bits per heavy atom. The van der Waals surface area contributed by atoms with E-state index in [0.717, 1.165) is 11.3 Å². The molecule has 0 aliphatic carbocycles. The standard InChI is InChI=1S/C19H20N2O3/c1-19(12-13-6-4-5-7-16(13)17(22)24-19)18(23)20-14-8-10-15(11-9-14)21(2)3/h4-11H,12H2,1-3H3,(H,20,23). The van der Waals surface area contributed by atoms with Crippen LogP contribution in [0.3, 0.4) is 0 Å². The van der Waals surface area contributed by atoms with Crippen molar-refractivity contribution in [1.82, 2.24) is 0 Å². The SMILES string of the molecule is CN(C)c1ccc(NC(=O)C2(C)Cc3ccccc3C(=O)O2)cc1. The molecular formula is C19H20N2O3. The Kier molecular flexibility index (Phi) is 4.01. The Morgan fingerprint density at radius 2 is 1.79 bits per heavy atom. The van der Waals surface area contributed by atoms with Gasteiger partial charge in [0.15, 0.2) is 5.60 Å². The minimum absolute atomic E-state index is 0.331. The van der Waals surface area contributed by atoms with Crippen molar-refractivity contribution in [2.24, 2.45) is 0 Å². The number of nitrogens with one attached hydrogen (secondary N) is 1. The molecule has 124 valence electrons. The lowest BCUT2D eigenvalue weighted by Crippen LogP contribution is -2.48. The zero-order chi connectivity index (χ0) is 17.3. The number of carbonyl (C=O) groups is 2. The molecule has 1 unspecified atom stereocenters. The highest BCUT2D eigenvalue weighted by Gasteiger charge is 2.42. The van der Waals surface area contributed by atoms with Crippen molar-refractivity contribution >= 4 is 23.3 Å². The first-order chi connectivity index (χ1) is 11.4. The summed E-state index contributed by atoms with van der Waals surface area (Å²) in [7, 11) is 3.90. The van der Waals surface area contributed by atoms with Crippen LogP contribution in [-0.4, -0.2) is 31.6 Å². The van der Waals surface area contributed by atoms with Gasteiger partial charge in [0.05, 0.1) is 5.56 Å². The molecule has 5 nitrogen and oxygen atoms in total. The van der Waals surface area contributed by atoms with Gasteiger partial charge in [-0.15, -0.1) is 0 Å². The van der Waals surface area contributed by atoms with E-state index in [4.69, 9.17) is 4.74 Å². The number of hydrogen-bond donors (Lipinski definition) is 1. The first kappa shape index (κ1) is 16.1. The van der Waals surface area contributed by atoms with Crippen molar-refractivity contribution < 1.29 is 14.3 Å². The third-order valence-corrected chi connectivity index (χ3v) is 4.20. The molecular weight excluding hydrogens is 304 g/mol. The van der Waals surface area contributed by atoms with Gasteiger partial charge < -0.3 is 15.0 Å². The number of fused-ring (bicyclic) bond motifs is 1. The monoisotopic (exact) mass is 324 g/mol. The molecule has 1 N–H and O–H groups in total. The predicted molar refractivity (Wildman–Crippen MR) is 93.4 cm³/mol. The van der Waals surface area contributed by atoms with Gasteiger partial charge in [-0.05, 0) is 42.8 Å². The van der Waals surface area contributed by atoms with Gasteiger partial charge in [-0.3, -0.25) is 4.79 Å². The fourth-order valence-electron chi connectivity index (χ4n) is 2.77. The number of esters is 1. The molecule has 1 amide bonds. The summed E-state index contributed by atoms with van der Waals surface area (Å²) in [5.74, 6) is -0.791. The fraction of sp³-hybridized carbons (Fsp3) is 0.263. The maximum absolute atomic E-state index is 12.7. The molecule has 0 spiro atoms. The molecule has 24 heavy (non-hydrogen) atoms. The average molecular weight is 324 g/mol. The van der Waals surface area contributed by atoms with E-state index in [1.165, 1.54) is 0 Å². The first-order valence-corrected chi connectivity index (χ1v) is 7.79. The van der Waals surface area contributed by atoms with Crippen LogP contribution in [0.4, 0.5) is 11.4 Å². The maximum Gasteiger partial charge on any atom is 0.339 e. The van der Waals surface area contributed by atoms with Crippen LogP contribution >= 0.6 is 0 Å². The van der Waals surface area contributed by atoms with Crippen LogP contribution in [0.5, 0.6) is 0 Å². The Labute approximate surface area is 141 Å². The molecule has 1 atom stereocenters. The first-order valence-electron chi connectivity index (χ1n) is 7.79. The highest BCUT2D eigenvalue weighted by Crippen LogP contribution is 2.29. The van der Waals surface area contributed by atoms with E-state index in [-0.39, 0.29) is 5.91 Å². The van der Waals surface area contributed by atoms with Gasteiger partial charge in [-0.2, -0.15) is 0 Å². The van der Waals surface area contributed by atoms with Crippen molar-refractivity contribution in [3.05, 3.63) is 59.7 Å². The van der Waals surface area contributed by atoms with Crippen molar-refractivity contribution in [3.8, 4) is 0 Å². The normalized spacial score (nSPS) is 19.2. The topological polar surface area (TPSA) is 58.6 Å². The minimum Gasteiger partial charge on any atom is -0.445 e. The number of nitrogens with zero attached hydrogens (tertiary/aromatic N) is 1. The van der Waals surface area contributed by atoms with Gasteiger partial charge in [0.1, 0.15) is 0 Å². The van der Waals surface area contributed by atoms with Crippen molar-refractivity contribution in [3.63, 3.8) is 0 Å². The number of ether oxygens (including phenoxy) is 1. The lowest BCUT2D eigenvalue weighted by Gasteiger charge is -2.33. The lowest BCUT2D eigenvalue weighted by atomic mass is 9.89. The van der Waals surface area contributed by atoms with Crippen LogP contribution in [0.25, 0.3) is 0 Å². The van der Waals surface area contributed by atoms with Crippen LogP contribution in [0.15, 0.2) is 48.5 Å². The molecule has 2 aromatic rings. The van der Waals surface area contributed by atoms with Crippen LogP contribution in [0.1, 0.15) is 22.8 Å². The molecule has 0 radical (unpaired) electrons. The quantitative estimate of drug-likeness (QED) is 0.882. The van der Waals surface area contributed by atoms with E-state index in [1.54, 1.807) is 19.1 Å². The maximum atomic E-state index is 12.7. The molecule has 1 aliphatic heterocycles. The van der Waals surface area contributed by atoms with Crippen LogP contribution in [0, 0.1) is 0 Å². The summed E-state index contributed by atoms with van der Waals surface area (Å²) in [4.78, 5) is 26.8. The van der Waals surface area contributed by atoms with E-state index in [1.807, 2.05) is 55.4 Å². The number of rotatable bonds is 3. The molecule has 0 aromatic heterocycles. The second-order valence-corrected chi connectivity index (χ2v) is 6.35. The summed E-state index contributed by atoms with van der Waals surface area (Å²) in [6.07, 6.45) is 0.358. The van der Waals surface area contributed by atoms with Crippen molar-refractivity contribution in [1.29, 1.82) is 0 Å². The van der Waals surface area contributed by atoms with E-state index >= 15 is 0 Å². The van der Waals surface area contributed by atoms with Gasteiger partial charge in [0.2, 0.25) is 0 Å². The van der Waals surface area contributed by atoms with Crippen molar-refractivity contribution in [2.45, 2.75) is 18.9 Å². The molecule has 2 aromatic carbocycles. The highest BCUT2D eigenvalue weighted by molar-refractivity contribution is 6.02. The van der Waals surface area contributed by atoms with E-state index < -0.39 is 11.6 Å². The van der Waals surface area contributed by atoms with Gasteiger partial charge in [0.25, 0.3) is 5.91 Å². The van der Waals surface area contributed by atoms with Gasteiger partial charge in [-0.1, -0.05) is 18.2 Å². The Morgan fingerprint density at radius 3 is 2.46 bits per heavy atom. The Balaban J connectivity index is 1.78. The molecule has 0 saturated carbocycles. The number of carbonyl (C=O) groups excluding carboxylic acids is 2.